The molecule has 0 saturated heterocycles. The normalized spacial score (nSPS) is 12.8. The van der Waals surface area contributed by atoms with Crippen molar-refractivity contribution in [2.75, 3.05) is 25.0 Å². The third-order valence-corrected chi connectivity index (χ3v) is 3.51. The van der Waals surface area contributed by atoms with Gasteiger partial charge in [0.25, 0.3) is 0 Å². The van der Waals surface area contributed by atoms with Crippen LogP contribution >= 0.6 is 0 Å². The van der Waals surface area contributed by atoms with Gasteiger partial charge >= 0.3 is 0 Å². The lowest BCUT2D eigenvalue weighted by Gasteiger charge is -2.24. The summed E-state index contributed by atoms with van der Waals surface area (Å²) in [4.78, 5) is 2.33. The molecule has 1 unspecified atom stereocenters. The molecule has 4 nitrogen and oxygen atoms in total. The molecule has 0 spiro atoms. The van der Waals surface area contributed by atoms with Crippen molar-refractivity contribution in [2.24, 2.45) is 13.0 Å². The fourth-order valence-corrected chi connectivity index (χ4v) is 2.31. The van der Waals surface area contributed by atoms with E-state index in [-0.39, 0.29) is 0 Å². The molecule has 1 rings (SSSR count). The van der Waals surface area contributed by atoms with E-state index in [1.54, 1.807) is 0 Å². The number of aryl methyl sites for hydroxylation is 2. The molecule has 18 heavy (non-hydrogen) atoms. The van der Waals surface area contributed by atoms with Crippen LogP contribution in [0, 0.1) is 12.8 Å². The Balaban J connectivity index is 2.91. The van der Waals surface area contributed by atoms with Crippen molar-refractivity contribution in [3.05, 3.63) is 11.3 Å². The van der Waals surface area contributed by atoms with E-state index in [4.69, 9.17) is 0 Å². The second-order valence-corrected chi connectivity index (χ2v) is 5.19. The number of anilines is 1. The highest BCUT2D eigenvalue weighted by molar-refractivity contribution is 5.49. The number of aromatic nitrogens is 2. The lowest BCUT2D eigenvalue weighted by atomic mass is 10.1. The summed E-state index contributed by atoms with van der Waals surface area (Å²) in [6.07, 6.45) is 1.21. The maximum Gasteiger partial charge on any atom is 0.131 e. The lowest BCUT2D eigenvalue weighted by molar-refractivity contribution is 0.550. The minimum absolute atomic E-state index is 0.706. The molecule has 0 aromatic carbocycles. The molecule has 0 amide bonds. The molecular formula is C14H28N4. The van der Waals surface area contributed by atoms with Crippen LogP contribution in [0.5, 0.6) is 0 Å². The van der Waals surface area contributed by atoms with Crippen molar-refractivity contribution < 1.29 is 0 Å². The van der Waals surface area contributed by atoms with Gasteiger partial charge in [-0.1, -0.05) is 27.2 Å². The van der Waals surface area contributed by atoms with Crippen molar-refractivity contribution in [3.63, 3.8) is 0 Å². The average Bonchev–Trinajstić information content (AvgIpc) is 2.60. The van der Waals surface area contributed by atoms with Crippen molar-refractivity contribution >= 4 is 5.82 Å². The zero-order chi connectivity index (χ0) is 13.7. The Morgan fingerprint density at radius 1 is 1.39 bits per heavy atom. The lowest BCUT2D eigenvalue weighted by Crippen LogP contribution is -2.27. The van der Waals surface area contributed by atoms with E-state index in [1.807, 2.05) is 11.7 Å². The first kappa shape index (κ1) is 15.0. The maximum atomic E-state index is 4.55. The molecule has 104 valence electrons. The Morgan fingerprint density at radius 2 is 2.06 bits per heavy atom. The van der Waals surface area contributed by atoms with Crippen molar-refractivity contribution in [2.45, 2.75) is 40.7 Å². The molecule has 0 aliphatic heterocycles. The summed E-state index contributed by atoms with van der Waals surface area (Å²) < 4.78 is 2.00. The quantitative estimate of drug-likeness (QED) is 0.808. The van der Waals surface area contributed by atoms with E-state index in [2.05, 4.69) is 50.1 Å². The summed E-state index contributed by atoms with van der Waals surface area (Å²) in [5, 5.41) is 7.95. The predicted molar refractivity (Wildman–Crippen MR) is 78.1 cm³/mol. The van der Waals surface area contributed by atoms with E-state index in [0.717, 1.165) is 25.3 Å². The largest absolute Gasteiger partial charge is 0.359 e. The van der Waals surface area contributed by atoms with E-state index in [1.165, 1.54) is 17.8 Å². The molecule has 0 bridgehead atoms. The fraction of sp³-hybridized carbons (Fsp3) is 0.786. The smallest absolute Gasteiger partial charge is 0.131 e. The highest BCUT2D eigenvalue weighted by Gasteiger charge is 2.17. The zero-order valence-electron chi connectivity index (χ0n) is 12.7. The van der Waals surface area contributed by atoms with Gasteiger partial charge in [-0.05, 0) is 19.4 Å². The maximum absolute atomic E-state index is 4.55. The minimum atomic E-state index is 0.706. The molecule has 1 N–H and O–H groups in total. The molecule has 0 aliphatic rings. The molecule has 1 aromatic heterocycles. The van der Waals surface area contributed by atoms with Crippen LogP contribution in [-0.4, -0.2) is 29.9 Å². The molecule has 0 aliphatic carbocycles. The average molecular weight is 252 g/mol. The molecule has 0 fully saturated rings. The predicted octanol–water partition coefficient (Wildman–Crippen LogP) is 2.32. The third kappa shape index (κ3) is 3.48. The molecule has 1 aromatic rings. The topological polar surface area (TPSA) is 33.1 Å². The molecule has 1 heterocycles. The second-order valence-electron chi connectivity index (χ2n) is 5.19. The summed E-state index contributed by atoms with van der Waals surface area (Å²) in [6.45, 7) is 11.7. The number of rotatable bonds is 7. The summed E-state index contributed by atoms with van der Waals surface area (Å²) in [7, 11) is 4.20. The third-order valence-electron chi connectivity index (χ3n) is 3.51. The van der Waals surface area contributed by atoms with Gasteiger partial charge in [0.15, 0.2) is 0 Å². The summed E-state index contributed by atoms with van der Waals surface area (Å²) >= 11 is 0. The first-order valence-electron chi connectivity index (χ1n) is 6.95. The summed E-state index contributed by atoms with van der Waals surface area (Å²) in [5.41, 5.74) is 2.45. The van der Waals surface area contributed by atoms with Gasteiger partial charge in [0, 0.05) is 32.7 Å². The van der Waals surface area contributed by atoms with Crippen LogP contribution in [0.1, 0.15) is 38.4 Å². The first-order valence-corrected chi connectivity index (χ1v) is 6.95. The number of nitrogens with one attached hydrogen (secondary N) is 1. The van der Waals surface area contributed by atoms with Gasteiger partial charge in [-0.3, -0.25) is 4.68 Å². The Hall–Kier alpha value is -1.03. The van der Waals surface area contributed by atoms with E-state index >= 15 is 0 Å². The number of hydrogen-bond acceptors (Lipinski definition) is 3. The zero-order valence-corrected chi connectivity index (χ0v) is 12.7. The van der Waals surface area contributed by atoms with E-state index in [9.17, 15) is 0 Å². The standard InChI is InChI=1S/C14H28N4/c1-7-11(3)10-17(5)14-13(9-15-8-2)12(4)16-18(14)6/h11,15H,7-10H2,1-6H3. The van der Waals surface area contributed by atoms with Crippen LogP contribution in [0.4, 0.5) is 5.82 Å². The monoisotopic (exact) mass is 252 g/mol. The Bertz CT molecular complexity index is 370. The number of hydrogen-bond donors (Lipinski definition) is 1. The SMILES string of the molecule is CCNCc1c(C)nn(C)c1N(C)CC(C)CC. The minimum Gasteiger partial charge on any atom is -0.359 e. The summed E-state index contributed by atoms with van der Waals surface area (Å²) in [5.74, 6) is 1.95. The van der Waals surface area contributed by atoms with Gasteiger partial charge in [-0.2, -0.15) is 5.10 Å². The fourth-order valence-electron chi connectivity index (χ4n) is 2.31. The number of nitrogens with zero attached hydrogens (tertiary/aromatic N) is 3. The van der Waals surface area contributed by atoms with E-state index in [0.29, 0.717) is 5.92 Å². The van der Waals surface area contributed by atoms with Crippen LogP contribution in [0.25, 0.3) is 0 Å². The van der Waals surface area contributed by atoms with Gasteiger partial charge < -0.3 is 10.2 Å². The molecular weight excluding hydrogens is 224 g/mol. The Labute approximate surface area is 111 Å². The van der Waals surface area contributed by atoms with Crippen LogP contribution in [0.2, 0.25) is 0 Å². The van der Waals surface area contributed by atoms with Crippen LogP contribution in [0.15, 0.2) is 0 Å². The highest BCUT2D eigenvalue weighted by atomic mass is 15.4. The molecule has 0 saturated carbocycles. The molecule has 1 atom stereocenters. The Kier molecular flexibility index (Phi) is 5.66. The summed E-state index contributed by atoms with van der Waals surface area (Å²) in [6, 6.07) is 0. The van der Waals surface area contributed by atoms with E-state index < -0.39 is 0 Å². The van der Waals surface area contributed by atoms with Gasteiger partial charge in [-0.15, -0.1) is 0 Å². The van der Waals surface area contributed by atoms with Crippen LogP contribution in [0.3, 0.4) is 0 Å². The van der Waals surface area contributed by atoms with Crippen molar-refractivity contribution in [1.82, 2.24) is 15.1 Å². The molecule has 4 heteroatoms. The van der Waals surface area contributed by atoms with Crippen LogP contribution < -0.4 is 10.2 Å². The van der Waals surface area contributed by atoms with Crippen molar-refractivity contribution in [3.8, 4) is 0 Å². The Morgan fingerprint density at radius 3 is 2.61 bits per heavy atom. The van der Waals surface area contributed by atoms with Gasteiger partial charge in [-0.25, -0.2) is 0 Å². The first-order chi connectivity index (χ1) is 8.51. The molecule has 0 radical (unpaired) electrons. The highest BCUT2D eigenvalue weighted by Crippen LogP contribution is 2.23. The van der Waals surface area contributed by atoms with Crippen molar-refractivity contribution in [1.29, 1.82) is 0 Å². The van der Waals surface area contributed by atoms with Gasteiger partial charge in [0.1, 0.15) is 5.82 Å². The van der Waals surface area contributed by atoms with Crippen LogP contribution in [-0.2, 0) is 13.6 Å². The van der Waals surface area contributed by atoms with Gasteiger partial charge in [0.05, 0.1) is 5.69 Å². The second kappa shape index (κ2) is 6.78. The van der Waals surface area contributed by atoms with Gasteiger partial charge in [0.2, 0.25) is 0 Å².